The Hall–Kier alpha value is -6.08. The number of methoxy groups -OCH3 is 10. The molecule has 2 saturated carbocycles. The molecule has 464 valence electrons. The molecule has 0 aromatic carbocycles. The maximum atomic E-state index is 11.2. The lowest BCUT2D eigenvalue weighted by Crippen LogP contribution is -2.27. The lowest BCUT2D eigenvalue weighted by molar-refractivity contribution is -0.151. The van der Waals surface area contributed by atoms with Crippen LogP contribution in [-0.4, -0.2) is 131 Å². The predicted molar refractivity (Wildman–Crippen MR) is 304 cm³/mol. The third-order valence-electron chi connectivity index (χ3n) is 12.8. The van der Waals surface area contributed by atoms with Gasteiger partial charge in [-0.05, 0) is 103 Å². The van der Waals surface area contributed by atoms with Crippen LogP contribution in [-0.2, 0) is 95.3 Å². The molecule has 0 aromatic rings. The minimum atomic E-state index is -0.298. The zero-order valence-corrected chi connectivity index (χ0v) is 52.4. The summed E-state index contributed by atoms with van der Waals surface area (Å²) in [6.07, 6.45) is 17.7. The Morgan fingerprint density at radius 2 is 0.475 bits per heavy atom. The predicted octanol–water partition coefficient (Wildman–Crippen LogP) is 10.4. The molecule has 5 rings (SSSR count). The maximum Gasteiger partial charge on any atom is 0.333 e. The molecule has 0 amide bonds. The molecule has 4 atom stereocenters. The van der Waals surface area contributed by atoms with E-state index in [1.54, 1.807) is 24.3 Å². The lowest BCUT2D eigenvalue weighted by atomic mass is 9.82. The van der Waals surface area contributed by atoms with E-state index in [0.717, 1.165) is 51.4 Å². The maximum absolute atomic E-state index is 11.2. The molecule has 0 spiro atoms. The van der Waals surface area contributed by atoms with Crippen molar-refractivity contribution in [1.29, 1.82) is 0 Å². The molecular weight excluding hydrogens is 1040 g/mol. The molecule has 20 heteroatoms. The van der Waals surface area contributed by atoms with Gasteiger partial charge in [-0.15, -0.1) is 0 Å². The quantitative estimate of drug-likeness (QED) is 0.112. The number of ether oxygens (including phenoxy) is 10. The van der Waals surface area contributed by atoms with Gasteiger partial charge >= 0.3 is 59.7 Å². The number of hydrogen-bond acceptors (Lipinski definition) is 20. The second kappa shape index (κ2) is 53.6. The minimum absolute atomic E-state index is 0.0269. The van der Waals surface area contributed by atoms with Crippen LogP contribution in [0.25, 0.3) is 0 Å². The Labute approximate surface area is 479 Å². The largest absolute Gasteiger partial charge is 0.469 e. The van der Waals surface area contributed by atoms with Gasteiger partial charge < -0.3 is 47.4 Å². The van der Waals surface area contributed by atoms with E-state index in [2.05, 4.69) is 47.4 Å². The molecule has 0 saturated heterocycles. The minimum Gasteiger partial charge on any atom is -0.469 e. The van der Waals surface area contributed by atoms with Gasteiger partial charge in [-0.1, -0.05) is 93.5 Å². The number of esters is 10. The second-order valence-corrected chi connectivity index (χ2v) is 16.8. The van der Waals surface area contributed by atoms with Crippen molar-refractivity contribution in [3.63, 3.8) is 0 Å². The van der Waals surface area contributed by atoms with E-state index in [1.807, 2.05) is 69.2 Å². The Bertz CT molecular complexity index is 1660. The molecule has 5 aliphatic carbocycles. The average molecular weight is 1150 g/mol. The number of allylic oxidation sites excluding steroid dienone is 2. The van der Waals surface area contributed by atoms with Crippen molar-refractivity contribution in [3.8, 4) is 0 Å². The van der Waals surface area contributed by atoms with Gasteiger partial charge in [0.15, 0.2) is 0 Å². The summed E-state index contributed by atoms with van der Waals surface area (Å²) in [5.74, 6) is -2.86. The van der Waals surface area contributed by atoms with E-state index in [1.165, 1.54) is 71.1 Å². The number of carbonyl (C=O) groups is 10. The van der Waals surface area contributed by atoms with E-state index in [-0.39, 0.29) is 107 Å². The Morgan fingerprint density at radius 1 is 0.275 bits per heavy atom. The summed E-state index contributed by atoms with van der Waals surface area (Å²) < 4.78 is 46.3. The van der Waals surface area contributed by atoms with Crippen LogP contribution in [0.15, 0.2) is 35.5 Å². The van der Waals surface area contributed by atoms with Crippen molar-refractivity contribution in [1.82, 2.24) is 0 Å². The van der Waals surface area contributed by atoms with E-state index in [0.29, 0.717) is 62.5 Å². The fraction of sp³-hybridized carbons (Fsp3) is 0.733. The first-order valence-electron chi connectivity index (χ1n) is 28.3. The van der Waals surface area contributed by atoms with Crippen LogP contribution in [0.5, 0.6) is 0 Å². The van der Waals surface area contributed by atoms with E-state index < -0.39 is 0 Å². The van der Waals surface area contributed by atoms with E-state index in [9.17, 15) is 47.9 Å². The third kappa shape index (κ3) is 33.5. The van der Waals surface area contributed by atoms with Gasteiger partial charge in [0.1, 0.15) is 0 Å². The number of hydrogen-bond donors (Lipinski definition) is 0. The smallest absolute Gasteiger partial charge is 0.333 e. The Kier molecular flexibility index (Phi) is 55.4. The average Bonchev–Trinajstić information content (AvgIpc) is 3.55. The van der Waals surface area contributed by atoms with Crippen molar-refractivity contribution in [3.05, 3.63) is 35.5 Å². The van der Waals surface area contributed by atoms with Crippen LogP contribution >= 0.6 is 0 Å². The normalized spacial score (nSPS) is 21.6. The summed E-state index contributed by atoms with van der Waals surface area (Å²) in [5.41, 5.74) is 1.32. The summed E-state index contributed by atoms with van der Waals surface area (Å²) in [5, 5.41) is 0. The molecule has 0 bridgehead atoms. The van der Waals surface area contributed by atoms with Crippen LogP contribution in [0.2, 0.25) is 0 Å². The zero-order valence-electron chi connectivity index (χ0n) is 52.4. The molecule has 0 radical (unpaired) electrons. The highest BCUT2D eigenvalue weighted by Gasteiger charge is 2.33. The SMILES string of the molecule is CC.CC.CC.CC.CC.COC(=O)C1=CCC(C(=O)OC)CC1.COC(=O)C1=CCC(C(=O)OC)CC1.COC(=O)C1C=CC(C(=O)OC)CC1.COC(=O)C1CCC(C(=O)OC)CC1.COC(=O)C1CCC(C(=O)OC)CC1. The molecule has 0 N–H and O–H groups in total. The summed E-state index contributed by atoms with van der Waals surface area (Å²) >= 11 is 0. The Balaban J connectivity index is -0.000000281. The van der Waals surface area contributed by atoms with Crippen molar-refractivity contribution in [2.75, 3.05) is 71.1 Å². The van der Waals surface area contributed by atoms with Gasteiger partial charge in [-0.3, -0.25) is 38.4 Å². The second-order valence-electron chi connectivity index (χ2n) is 16.8. The summed E-state index contributed by atoms with van der Waals surface area (Å²) in [6, 6.07) is 0. The highest BCUT2D eigenvalue weighted by molar-refractivity contribution is 5.89. The molecular formula is C60H104O20. The first-order valence-corrected chi connectivity index (χ1v) is 28.3. The molecule has 80 heavy (non-hydrogen) atoms. The van der Waals surface area contributed by atoms with Gasteiger partial charge in [0.2, 0.25) is 0 Å². The van der Waals surface area contributed by atoms with E-state index >= 15 is 0 Å². The summed E-state index contributed by atoms with van der Waals surface area (Å²) in [4.78, 5) is 111. The standard InChI is InChI=1S/2C10H16O4.3C10H14O4.5C2H6/c5*1-13-9(11)7-3-5-8(6-4-7)10(12)14-2;5*1-2/h2*7-8H,3-6H2,1-2H3;2*3,8H,4-6H2,1-2H3;3,5,7-8H,4,6H2,1-2H3;5*1-2H3. The molecule has 5 aliphatic rings. The summed E-state index contributed by atoms with van der Waals surface area (Å²) in [6.45, 7) is 20.0. The van der Waals surface area contributed by atoms with Crippen molar-refractivity contribution in [2.24, 2.45) is 47.3 Å². The van der Waals surface area contributed by atoms with E-state index in [4.69, 9.17) is 0 Å². The van der Waals surface area contributed by atoms with Crippen molar-refractivity contribution in [2.45, 2.75) is 172 Å². The van der Waals surface area contributed by atoms with Crippen LogP contribution in [0.4, 0.5) is 0 Å². The lowest BCUT2D eigenvalue weighted by Gasteiger charge is -2.24. The molecule has 4 unspecified atom stereocenters. The fourth-order valence-corrected chi connectivity index (χ4v) is 8.37. The third-order valence-corrected chi connectivity index (χ3v) is 12.8. The molecule has 2 fully saturated rings. The van der Waals surface area contributed by atoms with Crippen LogP contribution < -0.4 is 0 Å². The van der Waals surface area contributed by atoms with Crippen molar-refractivity contribution < 1.29 is 95.3 Å². The molecule has 20 nitrogen and oxygen atoms in total. The number of rotatable bonds is 10. The van der Waals surface area contributed by atoms with Crippen LogP contribution in [0.3, 0.4) is 0 Å². The topological polar surface area (TPSA) is 263 Å². The van der Waals surface area contributed by atoms with Gasteiger partial charge in [-0.2, -0.15) is 0 Å². The van der Waals surface area contributed by atoms with Crippen molar-refractivity contribution >= 4 is 59.7 Å². The molecule has 0 aromatic heterocycles. The van der Waals surface area contributed by atoms with Gasteiger partial charge in [0.25, 0.3) is 0 Å². The van der Waals surface area contributed by atoms with Gasteiger partial charge in [-0.25, -0.2) is 9.59 Å². The highest BCUT2D eigenvalue weighted by Crippen LogP contribution is 2.32. The molecule has 0 aliphatic heterocycles. The van der Waals surface area contributed by atoms with Crippen LogP contribution in [0, 0.1) is 47.3 Å². The zero-order chi connectivity index (χ0) is 62.8. The highest BCUT2D eigenvalue weighted by atomic mass is 16.6. The fourth-order valence-electron chi connectivity index (χ4n) is 8.37. The van der Waals surface area contributed by atoms with Crippen LogP contribution in [0.1, 0.15) is 172 Å². The first-order chi connectivity index (χ1) is 38.4. The van der Waals surface area contributed by atoms with Gasteiger partial charge in [0, 0.05) is 11.1 Å². The number of carbonyl (C=O) groups excluding carboxylic acids is 10. The first kappa shape index (κ1) is 82.7. The molecule has 0 heterocycles. The van der Waals surface area contributed by atoms with Gasteiger partial charge in [0.05, 0.1) is 118 Å². The Morgan fingerprint density at radius 3 is 0.625 bits per heavy atom. The monoisotopic (exact) mass is 1140 g/mol. The summed E-state index contributed by atoms with van der Waals surface area (Å²) in [7, 11) is 13.8.